The second-order valence-corrected chi connectivity index (χ2v) is 8.18. The lowest BCUT2D eigenvalue weighted by Crippen LogP contribution is -2.35. The van der Waals surface area contributed by atoms with Crippen LogP contribution in [0.2, 0.25) is 5.15 Å². The first-order valence-electron chi connectivity index (χ1n) is 9.17. The maximum atomic E-state index is 13.0. The molecule has 0 radical (unpaired) electrons. The fourth-order valence-electron chi connectivity index (χ4n) is 4.22. The van der Waals surface area contributed by atoms with Crippen molar-refractivity contribution in [2.24, 2.45) is 17.6 Å². The Morgan fingerprint density at radius 2 is 2.12 bits per heavy atom. The van der Waals surface area contributed by atoms with Gasteiger partial charge in [0.2, 0.25) is 5.91 Å². The van der Waals surface area contributed by atoms with Gasteiger partial charge in [0.1, 0.15) is 5.15 Å². The van der Waals surface area contributed by atoms with Crippen LogP contribution in [0.15, 0.2) is 0 Å². The summed E-state index contributed by atoms with van der Waals surface area (Å²) in [7, 11) is 0. The van der Waals surface area contributed by atoms with Crippen LogP contribution in [0, 0.1) is 18.8 Å². The molecule has 5 nitrogen and oxygen atoms in total. The van der Waals surface area contributed by atoms with Crippen LogP contribution in [0.3, 0.4) is 0 Å². The van der Waals surface area contributed by atoms with Crippen LogP contribution < -0.4 is 5.73 Å². The molecule has 1 aromatic rings. The number of hydrogen-bond acceptors (Lipinski definition) is 3. The number of nitrogens with zero attached hydrogens (tertiary/aromatic N) is 3. The molecule has 134 valence electrons. The van der Waals surface area contributed by atoms with E-state index in [-0.39, 0.29) is 23.9 Å². The molecule has 2 N–H and O–H groups in total. The van der Waals surface area contributed by atoms with Gasteiger partial charge < -0.3 is 10.6 Å². The van der Waals surface area contributed by atoms with Crippen molar-refractivity contribution >= 4 is 17.5 Å². The average Bonchev–Trinajstić information content (AvgIpc) is 3.19. The van der Waals surface area contributed by atoms with Crippen molar-refractivity contribution in [3.63, 3.8) is 0 Å². The monoisotopic (exact) mass is 352 g/mol. The Morgan fingerprint density at radius 1 is 1.38 bits per heavy atom. The van der Waals surface area contributed by atoms with E-state index < -0.39 is 0 Å². The van der Waals surface area contributed by atoms with Gasteiger partial charge in [-0.1, -0.05) is 25.4 Å². The van der Waals surface area contributed by atoms with Crippen LogP contribution in [0.1, 0.15) is 63.3 Å². The normalized spacial score (nSPS) is 27.4. The minimum Gasteiger partial charge on any atom is -0.335 e. The quantitative estimate of drug-likeness (QED) is 0.904. The Balaban J connectivity index is 1.83. The zero-order valence-corrected chi connectivity index (χ0v) is 15.7. The average molecular weight is 353 g/mol. The Morgan fingerprint density at radius 3 is 2.75 bits per heavy atom. The number of carbonyl (C=O) groups excluding carboxylic acids is 1. The van der Waals surface area contributed by atoms with Crippen molar-refractivity contribution in [2.45, 2.75) is 71.5 Å². The molecule has 1 saturated heterocycles. The van der Waals surface area contributed by atoms with Crippen molar-refractivity contribution in [3.05, 3.63) is 16.4 Å². The SMILES string of the molecule is Cc1nn(CC(C)C)c(Cl)c1C1CCCN1C(=O)C1CCC(N)C1. The predicted molar refractivity (Wildman–Crippen MR) is 95.8 cm³/mol. The standard InChI is InChI=1S/C18H29ClN4O/c1-11(2)10-23-17(19)16(12(3)21-23)15-5-4-8-22(15)18(24)13-6-7-14(20)9-13/h11,13-15H,4-10,20H2,1-3H3. The molecule has 6 heteroatoms. The number of amides is 1. The summed E-state index contributed by atoms with van der Waals surface area (Å²) in [5, 5.41) is 5.33. The third kappa shape index (κ3) is 3.33. The van der Waals surface area contributed by atoms with Crippen molar-refractivity contribution in [2.75, 3.05) is 6.54 Å². The molecule has 0 spiro atoms. The highest BCUT2D eigenvalue weighted by molar-refractivity contribution is 6.30. The van der Waals surface area contributed by atoms with Gasteiger partial charge in [-0.2, -0.15) is 5.10 Å². The molecular formula is C18H29ClN4O. The zero-order valence-electron chi connectivity index (χ0n) is 15.0. The van der Waals surface area contributed by atoms with E-state index in [1.54, 1.807) is 0 Å². The Kier molecular flexibility index (Phi) is 5.21. The van der Waals surface area contributed by atoms with Crippen molar-refractivity contribution in [3.8, 4) is 0 Å². The van der Waals surface area contributed by atoms with Crippen molar-refractivity contribution in [1.29, 1.82) is 0 Å². The first kappa shape index (κ1) is 17.7. The van der Waals surface area contributed by atoms with Gasteiger partial charge in [-0.25, -0.2) is 0 Å². The number of aryl methyl sites for hydroxylation is 1. The molecule has 1 saturated carbocycles. The molecule has 2 fully saturated rings. The Hall–Kier alpha value is -1.07. The summed E-state index contributed by atoms with van der Waals surface area (Å²) < 4.78 is 1.89. The molecule has 24 heavy (non-hydrogen) atoms. The van der Waals surface area contributed by atoms with E-state index in [2.05, 4.69) is 18.9 Å². The largest absolute Gasteiger partial charge is 0.335 e. The van der Waals surface area contributed by atoms with Gasteiger partial charge in [-0.05, 0) is 44.9 Å². The van der Waals surface area contributed by atoms with Gasteiger partial charge in [-0.15, -0.1) is 0 Å². The Bertz CT molecular complexity index is 612. The van der Waals surface area contributed by atoms with E-state index in [0.29, 0.717) is 11.1 Å². The molecule has 1 amide bonds. The first-order valence-corrected chi connectivity index (χ1v) is 9.55. The highest BCUT2D eigenvalue weighted by Crippen LogP contribution is 2.40. The highest BCUT2D eigenvalue weighted by Gasteiger charge is 2.39. The fourth-order valence-corrected chi connectivity index (χ4v) is 4.59. The molecule has 3 rings (SSSR count). The number of aromatic nitrogens is 2. The van der Waals surface area contributed by atoms with Gasteiger partial charge in [0.05, 0.1) is 11.7 Å². The van der Waals surface area contributed by atoms with Crippen LogP contribution in [0.25, 0.3) is 0 Å². The maximum Gasteiger partial charge on any atom is 0.226 e. The molecule has 0 bridgehead atoms. The molecule has 1 aliphatic carbocycles. The van der Waals surface area contributed by atoms with Crippen molar-refractivity contribution in [1.82, 2.24) is 14.7 Å². The summed E-state index contributed by atoms with van der Waals surface area (Å²) in [6.07, 6.45) is 4.70. The summed E-state index contributed by atoms with van der Waals surface area (Å²) in [5.41, 5.74) is 8.00. The van der Waals surface area contributed by atoms with E-state index in [1.165, 1.54) is 0 Å². The molecule has 0 aromatic carbocycles. The van der Waals surface area contributed by atoms with Gasteiger partial charge >= 0.3 is 0 Å². The van der Waals surface area contributed by atoms with Crippen LogP contribution in [-0.4, -0.2) is 33.2 Å². The van der Waals surface area contributed by atoms with Gasteiger partial charge in [0.25, 0.3) is 0 Å². The molecule has 2 aliphatic rings. The summed E-state index contributed by atoms with van der Waals surface area (Å²) in [6.45, 7) is 7.94. The summed E-state index contributed by atoms with van der Waals surface area (Å²) in [6, 6.07) is 0.252. The Labute approximate surface area is 149 Å². The topological polar surface area (TPSA) is 64.2 Å². The second-order valence-electron chi connectivity index (χ2n) is 7.83. The molecular weight excluding hydrogens is 324 g/mol. The predicted octanol–water partition coefficient (Wildman–Crippen LogP) is 3.29. The van der Waals surface area contributed by atoms with Crippen LogP contribution in [-0.2, 0) is 11.3 Å². The van der Waals surface area contributed by atoms with Crippen LogP contribution >= 0.6 is 11.6 Å². The molecule has 2 heterocycles. The van der Waals surface area contributed by atoms with E-state index in [0.717, 1.165) is 56.5 Å². The molecule has 1 aromatic heterocycles. The summed E-state index contributed by atoms with van der Waals surface area (Å²) in [5.74, 6) is 0.832. The van der Waals surface area contributed by atoms with Crippen molar-refractivity contribution < 1.29 is 4.79 Å². The lowest BCUT2D eigenvalue weighted by atomic mass is 10.0. The van der Waals surface area contributed by atoms with Crippen LogP contribution in [0.5, 0.6) is 0 Å². The maximum absolute atomic E-state index is 13.0. The smallest absolute Gasteiger partial charge is 0.226 e. The van der Waals surface area contributed by atoms with E-state index in [4.69, 9.17) is 17.3 Å². The van der Waals surface area contributed by atoms with E-state index in [1.807, 2.05) is 16.5 Å². The second kappa shape index (κ2) is 7.04. The number of nitrogens with two attached hydrogens (primary N) is 1. The minimum absolute atomic E-state index is 0.0720. The fraction of sp³-hybridized carbons (Fsp3) is 0.778. The number of rotatable bonds is 4. The minimum atomic E-state index is 0.0720. The molecule has 3 unspecified atom stereocenters. The van der Waals surface area contributed by atoms with E-state index in [9.17, 15) is 4.79 Å². The highest BCUT2D eigenvalue weighted by atomic mass is 35.5. The van der Waals surface area contributed by atoms with Gasteiger partial charge in [0, 0.05) is 30.6 Å². The third-order valence-corrected chi connectivity index (χ3v) is 5.74. The number of carbonyl (C=O) groups is 1. The van der Waals surface area contributed by atoms with Crippen LogP contribution in [0.4, 0.5) is 0 Å². The van der Waals surface area contributed by atoms with Gasteiger partial charge in [-0.3, -0.25) is 9.48 Å². The van der Waals surface area contributed by atoms with Gasteiger partial charge in [0.15, 0.2) is 0 Å². The summed E-state index contributed by atoms with van der Waals surface area (Å²) in [4.78, 5) is 15.0. The number of hydrogen-bond donors (Lipinski definition) is 1. The molecule has 1 aliphatic heterocycles. The third-order valence-electron chi connectivity index (χ3n) is 5.34. The lowest BCUT2D eigenvalue weighted by molar-refractivity contribution is -0.136. The molecule has 3 atom stereocenters. The number of likely N-dealkylation sites (tertiary alicyclic amines) is 1. The zero-order chi connectivity index (χ0) is 17.4. The lowest BCUT2D eigenvalue weighted by Gasteiger charge is -2.27. The first-order chi connectivity index (χ1) is 11.4. The van der Waals surface area contributed by atoms with E-state index >= 15 is 0 Å². The number of halogens is 1. The summed E-state index contributed by atoms with van der Waals surface area (Å²) >= 11 is 6.65.